The summed E-state index contributed by atoms with van der Waals surface area (Å²) in [5.74, 6) is -0.194. The Hall–Kier alpha value is -0.130. The third kappa shape index (κ3) is 1.16. The van der Waals surface area contributed by atoms with Gasteiger partial charge in [-0.05, 0) is 5.41 Å². The molecule has 0 radical (unpaired) electrons. The fourth-order valence-electron chi connectivity index (χ4n) is 0.745. The SMILES string of the molecule is NC1C(=O)N/C(=C/S)C1S. The van der Waals surface area contributed by atoms with Gasteiger partial charge >= 0.3 is 0 Å². The maximum absolute atomic E-state index is 10.8. The molecule has 1 aliphatic rings. The summed E-state index contributed by atoms with van der Waals surface area (Å²) < 4.78 is 0. The molecule has 2 atom stereocenters. The number of thiol groups is 2. The molecule has 0 aliphatic carbocycles. The fourth-order valence-corrected chi connectivity index (χ4v) is 1.36. The van der Waals surface area contributed by atoms with E-state index in [-0.39, 0.29) is 11.2 Å². The zero-order valence-electron chi connectivity index (χ0n) is 5.11. The van der Waals surface area contributed by atoms with E-state index in [1.54, 1.807) is 0 Å². The first kappa shape index (κ1) is 7.97. The molecule has 0 aromatic heterocycles. The van der Waals surface area contributed by atoms with Gasteiger partial charge in [-0.3, -0.25) is 4.79 Å². The molecule has 1 saturated heterocycles. The number of rotatable bonds is 0. The van der Waals surface area contributed by atoms with Crippen LogP contribution in [0.4, 0.5) is 0 Å². The minimum absolute atomic E-state index is 0.194. The lowest BCUT2D eigenvalue weighted by molar-refractivity contribution is -0.119. The summed E-state index contributed by atoms with van der Waals surface area (Å²) in [5.41, 5.74) is 6.10. The van der Waals surface area contributed by atoms with Crippen molar-refractivity contribution >= 4 is 31.2 Å². The van der Waals surface area contributed by atoms with Crippen LogP contribution in [0.2, 0.25) is 0 Å². The Morgan fingerprint density at radius 1 is 1.70 bits per heavy atom. The van der Waals surface area contributed by atoms with Crippen LogP contribution in [-0.4, -0.2) is 17.2 Å². The Kier molecular flexibility index (Phi) is 2.28. The number of nitrogens with two attached hydrogens (primary N) is 1. The molecular formula is C5H8N2OS2. The van der Waals surface area contributed by atoms with Crippen molar-refractivity contribution < 1.29 is 4.79 Å². The van der Waals surface area contributed by atoms with Gasteiger partial charge < -0.3 is 11.1 Å². The van der Waals surface area contributed by atoms with E-state index in [0.29, 0.717) is 5.70 Å². The standard InChI is InChI=1S/C5H8N2OS2/c6-3-4(10)2(1-9)7-5(3)8/h1,3-4,9-10H,6H2,(H,7,8)/b2-1+. The first-order valence-corrected chi connectivity index (χ1v) is 3.79. The van der Waals surface area contributed by atoms with Crippen LogP contribution < -0.4 is 11.1 Å². The van der Waals surface area contributed by atoms with Gasteiger partial charge in [0, 0.05) is 5.70 Å². The molecule has 1 heterocycles. The Balaban J connectivity index is 2.81. The van der Waals surface area contributed by atoms with Crippen molar-refractivity contribution in [3.63, 3.8) is 0 Å². The molecule has 0 aromatic carbocycles. The van der Waals surface area contributed by atoms with Crippen LogP contribution in [-0.2, 0) is 4.79 Å². The maximum Gasteiger partial charge on any atom is 0.242 e. The van der Waals surface area contributed by atoms with Crippen molar-refractivity contribution in [2.75, 3.05) is 0 Å². The number of hydrogen-bond acceptors (Lipinski definition) is 4. The third-order valence-corrected chi connectivity index (χ3v) is 2.25. The van der Waals surface area contributed by atoms with E-state index in [1.165, 1.54) is 5.41 Å². The van der Waals surface area contributed by atoms with Crippen LogP contribution in [0, 0.1) is 0 Å². The second kappa shape index (κ2) is 2.86. The van der Waals surface area contributed by atoms with E-state index in [0.717, 1.165) is 0 Å². The zero-order valence-corrected chi connectivity index (χ0v) is 6.90. The molecule has 1 fully saturated rings. The molecule has 3 nitrogen and oxygen atoms in total. The van der Waals surface area contributed by atoms with Crippen LogP contribution in [0.3, 0.4) is 0 Å². The van der Waals surface area contributed by atoms with Gasteiger partial charge in [-0.15, -0.1) is 12.6 Å². The summed E-state index contributed by atoms with van der Waals surface area (Å²) in [6.07, 6.45) is 0. The largest absolute Gasteiger partial charge is 0.327 e. The van der Waals surface area contributed by atoms with Crippen molar-refractivity contribution in [1.29, 1.82) is 0 Å². The molecule has 2 unspecified atom stereocenters. The van der Waals surface area contributed by atoms with Crippen molar-refractivity contribution in [3.8, 4) is 0 Å². The summed E-state index contributed by atoms with van der Waals surface area (Å²) >= 11 is 7.97. The molecule has 1 rings (SSSR count). The van der Waals surface area contributed by atoms with Crippen molar-refractivity contribution in [1.82, 2.24) is 5.32 Å². The highest BCUT2D eigenvalue weighted by Gasteiger charge is 2.32. The molecule has 0 aromatic rings. The fraction of sp³-hybridized carbons (Fsp3) is 0.400. The highest BCUT2D eigenvalue weighted by atomic mass is 32.1. The predicted octanol–water partition coefficient (Wildman–Crippen LogP) is -0.487. The monoisotopic (exact) mass is 176 g/mol. The summed E-state index contributed by atoms with van der Waals surface area (Å²) in [5, 5.41) is 3.82. The average Bonchev–Trinajstić information content (AvgIpc) is 2.17. The van der Waals surface area contributed by atoms with E-state index in [2.05, 4.69) is 30.6 Å². The lowest BCUT2D eigenvalue weighted by Crippen LogP contribution is -2.34. The van der Waals surface area contributed by atoms with E-state index < -0.39 is 6.04 Å². The first-order chi connectivity index (χ1) is 4.66. The molecule has 0 saturated carbocycles. The van der Waals surface area contributed by atoms with Gasteiger partial charge in [0.15, 0.2) is 0 Å². The molecule has 0 bridgehead atoms. The summed E-state index contributed by atoms with van der Waals surface area (Å²) in [7, 11) is 0. The quantitative estimate of drug-likeness (QED) is 0.377. The van der Waals surface area contributed by atoms with Crippen LogP contribution in [0.15, 0.2) is 11.1 Å². The van der Waals surface area contributed by atoms with Crippen LogP contribution in [0.5, 0.6) is 0 Å². The van der Waals surface area contributed by atoms with Crippen molar-refractivity contribution in [2.45, 2.75) is 11.3 Å². The number of nitrogens with one attached hydrogen (secondary N) is 1. The first-order valence-electron chi connectivity index (χ1n) is 2.75. The topological polar surface area (TPSA) is 55.1 Å². The predicted molar refractivity (Wildman–Crippen MR) is 46.0 cm³/mol. The lowest BCUT2D eigenvalue weighted by Gasteiger charge is -2.03. The molecule has 5 heteroatoms. The molecule has 10 heavy (non-hydrogen) atoms. The van der Waals surface area contributed by atoms with E-state index >= 15 is 0 Å². The van der Waals surface area contributed by atoms with Gasteiger partial charge in [-0.25, -0.2) is 0 Å². The minimum Gasteiger partial charge on any atom is -0.327 e. The average molecular weight is 176 g/mol. The highest BCUT2D eigenvalue weighted by Crippen LogP contribution is 2.17. The number of amides is 1. The van der Waals surface area contributed by atoms with Gasteiger partial charge in [0.1, 0.15) is 6.04 Å². The molecule has 3 N–H and O–H groups in total. The smallest absolute Gasteiger partial charge is 0.242 e. The van der Waals surface area contributed by atoms with Crippen LogP contribution >= 0.6 is 25.3 Å². The Morgan fingerprint density at radius 3 is 2.50 bits per heavy atom. The minimum atomic E-state index is -0.540. The zero-order chi connectivity index (χ0) is 7.72. The van der Waals surface area contributed by atoms with E-state index in [1.807, 2.05) is 0 Å². The Bertz CT molecular complexity index is 192. The molecule has 1 aliphatic heterocycles. The lowest BCUT2D eigenvalue weighted by atomic mass is 10.2. The van der Waals surface area contributed by atoms with Gasteiger partial charge in [-0.1, -0.05) is 0 Å². The van der Waals surface area contributed by atoms with Crippen LogP contribution in [0.1, 0.15) is 0 Å². The summed E-state index contributed by atoms with van der Waals surface area (Å²) in [6.45, 7) is 0. The Labute approximate surface area is 69.9 Å². The van der Waals surface area contributed by atoms with Gasteiger partial charge in [0.25, 0.3) is 0 Å². The molecular weight excluding hydrogens is 168 g/mol. The number of carbonyl (C=O) groups is 1. The second-order valence-electron chi connectivity index (χ2n) is 2.04. The summed E-state index contributed by atoms with van der Waals surface area (Å²) in [6, 6.07) is -0.540. The van der Waals surface area contributed by atoms with E-state index in [9.17, 15) is 4.79 Å². The van der Waals surface area contributed by atoms with Gasteiger partial charge in [0.2, 0.25) is 5.91 Å². The summed E-state index contributed by atoms with van der Waals surface area (Å²) in [4.78, 5) is 10.8. The maximum atomic E-state index is 10.8. The third-order valence-electron chi connectivity index (χ3n) is 1.37. The normalized spacial score (nSPS) is 36.7. The number of hydrogen-bond donors (Lipinski definition) is 4. The second-order valence-corrected chi connectivity index (χ2v) is 2.86. The van der Waals surface area contributed by atoms with Gasteiger partial charge in [-0.2, -0.15) is 12.6 Å². The number of carbonyl (C=O) groups excluding carboxylic acids is 1. The van der Waals surface area contributed by atoms with E-state index in [4.69, 9.17) is 5.73 Å². The molecule has 1 amide bonds. The highest BCUT2D eigenvalue weighted by molar-refractivity contribution is 7.83. The molecule has 56 valence electrons. The van der Waals surface area contributed by atoms with Crippen molar-refractivity contribution in [2.24, 2.45) is 5.73 Å². The molecule has 0 spiro atoms. The van der Waals surface area contributed by atoms with Crippen molar-refractivity contribution in [3.05, 3.63) is 11.1 Å². The Morgan fingerprint density at radius 2 is 2.30 bits per heavy atom. The van der Waals surface area contributed by atoms with Gasteiger partial charge in [0.05, 0.1) is 5.25 Å². The van der Waals surface area contributed by atoms with Crippen LogP contribution in [0.25, 0.3) is 0 Å².